The predicted molar refractivity (Wildman–Crippen MR) is 66.7 cm³/mol. The smallest absolute Gasteiger partial charge is 0.0494 e. The Hall–Kier alpha value is -0.120. The largest absolute Gasteiger partial charge is 0.381 e. The van der Waals surface area contributed by atoms with Crippen molar-refractivity contribution in [2.24, 2.45) is 5.92 Å². The van der Waals surface area contributed by atoms with Gasteiger partial charge in [0.15, 0.2) is 0 Å². The quantitative estimate of drug-likeness (QED) is 0.585. The van der Waals surface area contributed by atoms with Crippen LogP contribution in [0.5, 0.6) is 0 Å². The van der Waals surface area contributed by atoms with Crippen LogP contribution in [0.3, 0.4) is 0 Å². The van der Waals surface area contributed by atoms with Crippen LogP contribution < -0.4 is 10.6 Å². The first-order valence-corrected chi connectivity index (χ1v) is 6.97. The Morgan fingerprint density at radius 2 is 2.12 bits per heavy atom. The van der Waals surface area contributed by atoms with E-state index in [2.05, 4.69) is 10.6 Å². The third kappa shape index (κ3) is 5.28. The van der Waals surface area contributed by atoms with Crippen LogP contribution in [0.25, 0.3) is 0 Å². The van der Waals surface area contributed by atoms with Crippen LogP contribution in [-0.2, 0) is 4.74 Å². The number of ether oxygens (including phenoxy) is 1. The van der Waals surface area contributed by atoms with Gasteiger partial charge in [-0.1, -0.05) is 0 Å². The minimum absolute atomic E-state index is 0.776. The average Bonchev–Trinajstić information content (AvgIpc) is 2.97. The Balaban J connectivity index is 1.29. The molecule has 1 unspecified atom stereocenters. The second-order valence-electron chi connectivity index (χ2n) is 5.20. The van der Waals surface area contributed by atoms with Gasteiger partial charge in [0.25, 0.3) is 0 Å². The van der Waals surface area contributed by atoms with Gasteiger partial charge >= 0.3 is 0 Å². The Bertz CT molecular complexity index is 177. The van der Waals surface area contributed by atoms with E-state index in [1.54, 1.807) is 0 Å². The standard InChI is InChI=1S/C13H26N2O/c1-3-13(15-8-1)6-9-14-7-2-10-16-11-12-4-5-12/h12-15H,1-11H2. The van der Waals surface area contributed by atoms with Crippen molar-refractivity contribution in [2.45, 2.75) is 44.6 Å². The number of hydrogen-bond acceptors (Lipinski definition) is 3. The third-order valence-electron chi connectivity index (χ3n) is 3.52. The van der Waals surface area contributed by atoms with Crippen LogP contribution in [-0.4, -0.2) is 38.9 Å². The van der Waals surface area contributed by atoms with Gasteiger partial charge in [0.2, 0.25) is 0 Å². The van der Waals surface area contributed by atoms with E-state index in [0.717, 1.165) is 44.7 Å². The molecule has 2 N–H and O–H groups in total. The lowest BCUT2D eigenvalue weighted by Gasteiger charge is -2.10. The van der Waals surface area contributed by atoms with Gasteiger partial charge in [-0.25, -0.2) is 0 Å². The van der Waals surface area contributed by atoms with Gasteiger partial charge in [0, 0.05) is 19.3 Å². The van der Waals surface area contributed by atoms with E-state index >= 15 is 0 Å². The zero-order valence-electron chi connectivity index (χ0n) is 10.3. The average molecular weight is 226 g/mol. The van der Waals surface area contributed by atoms with Gasteiger partial charge in [-0.15, -0.1) is 0 Å². The van der Waals surface area contributed by atoms with Crippen molar-refractivity contribution in [3.63, 3.8) is 0 Å². The van der Waals surface area contributed by atoms with Crippen LogP contribution in [0.15, 0.2) is 0 Å². The molecule has 2 rings (SSSR count). The molecule has 2 aliphatic rings. The van der Waals surface area contributed by atoms with Crippen molar-refractivity contribution < 1.29 is 4.74 Å². The lowest BCUT2D eigenvalue weighted by atomic mass is 10.1. The minimum atomic E-state index is 0.776. The van der Waals surface area contributed by atoms with Crippen LogP contribution in [0.2, 0.25) is 0 Å². The van der Waals surface area contributed by atoms with Crippen molar-refractivity contribution in [3.05, 3.63) is 0 Å². The fraction of sp³-hybridized carbons (Fsp3) is 1.00. The molecule has 1 atom stereocenters. The second kappa shape index (κ2) is 7.25. The zero-order chi connectivity index (χ0) is 11.1. The summed E-state index contributed by atoms with van der Waals surface area (Å²) in [5.74, 6) is 0.904. The maximum Gasteiger partial charge on any atom is 0.0494 e. The SMILES string of the molecule is C(CNCCC1CCCN1)COCC1CC1. The Morgan fingerprint density at radius 3 is 2.88 bits per heavy atom. The molecule has 0 bridgehead atoms. The maximum atomic E-state index is 5.59. The summed E-state index contributed by atoms with van der Waals surface area (Å²) in [7, 11) is 0. The zero-order valence-corrected chi connectivity index (χ0v) is 10.3. The molecule has 3 nitrogen and oxygen atoms in total. The van der Waals surface area contributed by atoms with Crippen molar-refractivity contribution >= 4 is 0 Å². The van der Waals surface area contributed by atoms with Gasteiger partial charge in [-0.3, -0.25) is 0 Å². The molecule has 1 saturated heterocycles. The first-order valence-electron chi connectivity index (χ1n) is 6.97. The number of hydrogen-bond donors (Lipinski definition) is 2. The van der Waals surface area contributed by atoms with E-state index in [1.807, 2.05) is 0 Å². The van der Waals surface area contributed by atoms with E-state index in [1.165, 1.54) is 38.6 Å². The Morgan fingerprint density at radius 1 is 1.19 bits per heavy atom. The van der Waals surface area contributed by atoms with Crippen molar-refractivity contribution in [1.29, 1.82) is 0 Å². The molecule has 2 fully saturated rings. The first-order chi connectivity index (χ1) is 7.95. The van der Waals surface area contributed by atoms with Crippen molar-refractivity contribution in [2.75, 3.05) is 32.8 Å². The lowest BCUT2D eigenvalue weighted by Crippen LogP contribution is -2.27. The summed E-state index contributed by atoms with van der Waals surface area (Å²) in [6, 6.07) is 0.776. The number of nitrogens with one attached hydrogen (secondary N) is 2. The van der Waals surface area contributed by atoms with Crippen LogP contribution in [0, 0.1) is 5.92 Å². The molecule has 0 aromatic carbocycles. The highest BCUT2D eigenvalue weighted by molar-refractivity contribution is 4.74. The molecule has 0 radical (unpaired) electrons. The molecule has 3 heteroatoms. The predicted octanol–water partition coefficient (Wildman–Crippen LogP) is 1.53. The summed E-state index contributed by atoms with van der Waals surface area (Å²) in [4.78, 5) is 0. The normalized spacial score (nSPS) is 25.1. The van der Waals surface area contributed by atoms with Gasteiger partial charge in [-0.2, -0.15) is 0 Å². The first kappa shape index (κ1) is 12.3. The summed E-state index contributed by atoms with van der Waals surface area (Å²) in [6.45, 7) is 5.43. The molecular formula is C13H26N2O. The summed E-state index contributed by atoms with van der Waals surface area (Å²) in [6.07, 6.45) is 7.96. The van der Waals surface area contributed by atoms with E-state index in [0.29, 0.717) is 0 Å². The highest BCUT2D eigenvalue weighted by Gasteiger charge is 2.20. The van der Waals surface area contributed by atoms with Crippen molar-refractivity contribution in [3.8, 4) is 0 Å². The van der Waals surface area contributed by atoms with Gasteiger partial charge < -0.3 is 15.4 Å². The van der Waals surface area contributed by atoms with Gasteiger partial charge in [0.05, 0.1) is 0 Å². The van der Waals surface area contributed by atoms with Crippen LogP contribution in [0.1, 0.15) is 38.5 Å². The van der Waals surface area contributed by atoms with E-state index in [4.69, 9.17) is 4.74 Å². The fourth-order valence-corrected chi connectivity index (χ4v) is 2.24. The van der Waals surface area contributed by atoms with Crippen LogP contribution >= 0.6 is 0 Å². The fourth-order valence-electron chi connectivity index (χ4n) is 2.24. The van der Waals surface area contributed by atoms with Gasteiger partial charge in [-0.05, 0) is 64.1 Å². The molecule has 1 aliphatic carbocycles. The molecule has 1 heterocycles. The van der Waals surface area contributed by atoms with Crippen molar-refractivity contribution in [1.82, 2.24) is 10.6 Å². The van der Waals surface area contributed by atoms with E-state index < -0.39 is 0 Å². The minimum Gasteiger partial charge on any atom is -0.381 e. The highest BCUT2D eigenvalue weighted by atomic mass is 16.5. The van der Waals surface area contributed by atoms with Gasteiger partial charge in [0.1, 0.15) is 0 Å². The highest BCUT2D eigenvalue weighted by Crippen LogP contribution is 2.28. The molecule has 16 heavy (non-hydrogen) atoms. The summed E-state index contributed by atoms with van der Waals surface area (Å²) in [5.41, 5.74) is 0. The molecule has 94 valence electrons. The Kier molecular flexibility index (Phi) is 5.59. The summed E-state index contributed by atoms with van der Waals surface area (Å²) in [5, 5.41) is 7.02. The molecule has 0 spiro atoms. The van der Waals surface area contributed by atoms with E-state index in [-0.39, 0.29) is 0 Å². The summed E-state index contributed by atoms with van der Waals surface area (Å²) < 4.78 is 5.59. The second-order valence-corrected chi connectivity index (χ2v) is 5.20. The molecule has 0 aromatic heterocycles. The number of rotatable bonds is 9. The molecule has 1 saturated carbocycles. The topological polar surface area (TPSA) is 33.3 Å². The molecule has 1 aliphatic heterocycles. The van der Waals surface area contributed by atoms with Crippen LogP contribution in [0.4, 0.5) is 0 Å². The molecule has 0 amide bonds. The molecular weight excluding hydrogens is 200 g/mol. The Labute approximate surface area is 99.3 Å². The lowest BCUT2D eigenvalue weighted by molar-refractivity contribution is 0.122. The molecule has 0 aromatic rings. The summed E-state index contributed by atoms with van der Waals surface area (Å²) >= 11 is 0. The monoisotopic (exact) mass is 226 g/mol. The maximum absolute atomic E-state index is 5.59. The third-order valence-corrected chi connectivity index (χ3v) is 3.52. The van der Waals surface area contributed by atoms with E-state index in [9.17, 15) is 0 Å².